The number of ether oxygens (including phenoxy) is 1. The topological polar surface area (TPSA) is 86.8 Å². The number of hydrogen-bond donors (Lipinski definition) is 0. The first-order valence-electron chi connectivity index (χ1n) is 11.1. The van der Waals surface area contributed by atoms with Crippen molar-refractivity contribution in [1.29, 1.82) is 0 Å². The Kier molecular flexibility index (Phi) is 6.10. The summed E-state index contributed by atoms with van der Waals surface area (Å²) < 4.78 is 46.0. The Bertz CT molecular complexity index is 1270. The molecule has 3 aromatic heterocycles. The number of halogens is 3. The summed E-state index contributed by atoms with van der Waals surface area (Å²) in [7, 11) is 0. The lowest BCUT2D eigenvalue weighted by molar-refractivity contribution is -0.154. The van der Waals surface area contributed by atoms with Crippen LogP contribution in [0.25, 0.3) is 5.69 Å². The predicted molar refractivity (Wildman–Crippen MR) is 120 cm³/mol. The van der Waals surface area contributed by atoms with Gasteiger partial charge in [-0.15, -0.1) is 10.2 Å². The zero-order valence-electron chi connectivity index (χ0n) is 18.9. The normalized spacial score (nSPS) is 13.7. The van der Waals surface area contributed by atoms with Gasteiger partial charge in [0, 0.05) is 24.8 Å². The summed E-state index contributed by atoms with van der Waals surface area (Å²) in [6, 6.07) is 11.7. The molecule has 9 nitrogen and oxygen atoms in total. The minimum absolute atomic E-state index is 0.0707. The third-order valence-electron chi connectivity index (χ3n) is 5.66. The van der Waals surface area contributed by atoms with Crippen molar-refractivity contribution in [3.63, 3.8) is 0 Å². The van der Waals surface area contributed by atoms with E-state index in [0.717, 1.165) is 35.6 Å². The zero-order valence-corrected chi connectivity index (χ0v) is 18.9. The molecule has 0 N–H and O–H groups in total. The summed E-state index contributed by atoms with van der Waals surface area (Å²) in [5.41, 5.74) is 2.78. The molecule has 0 unspecified atom stereocenters. The van der Waals surface area contributed by atoms with Crippen LogP contribution >= 0.6 is 0 Å². The number of aromatic nitrogens is 7. The predicted octanol–water partition coefficient (Wildman–Crippen LogP) is 3.72. The van der Waals surface area contributed by atoms with Gasteiger partial charge in [0.2, 0.25) is 11.8 Å². The lowest BCUT2D eigenvalue weighted by atomic mass is 10.2. The van der Waals surface area contributed by atoms with Gasteiger partial charge in [-0.2, -0.15) is 18.3 Å². The van der Waals surface area contributed by atoms with Crippen LogP contribution in [0.5, 0.6) is 5.88 Å². The molecule has 35 heavy (non-hydrogen) atoms. The highest BCUT2D eigenvalue weighted by Gasteiger charge is 2.33. The molecular formula is C23H23F3N8O. The molecule has 0 saturated heterocycles. The van der Waals surface area contributed by atoms with Gasteiger partial charge >= 0.3 is 6.18 Å². The Morgan fingerprint density at radius 1 is 1.09 bits per heavy atom. The molecule has 182 valence electrons. The summed E-state index contributed by atoms with van der Waals surface area (Å²) in [4.78, 5) is 10.1. The SMILES string of the molecule is Cc1nnc(N(Cc2ccc(-n3cncn3)cc2)C2CC2)n1Cc1ccnc(OCC(F)(F)F)c1. The quantitative estimate of drug-likeness (QED) is 0.358. The maximum atomic E-state index is 12.5. The Balaban J connectivity index is 1.34. The van der Waals surface area contributed by atoms with Crippen molar-refractivity contribution in [3.8, 4) is 11.6 Å². The molecule has 0 amide bonds. The van der Waals surface area contributed by atoms with Gasteiger partial charge in [-0.1, -0.05) is 12.1 Å². The number of anilines is 1. The van der Waals surface area contributed by atoms with Gasteiger partial charge < -0.3 is 9.64 Å². The lowest BCUT2D eigenvalue weighted by Crippen LogP contribution is -2.28. The lowest BCUT2D eigenvalue weighted by Gasteiger charge is -2.24. The van der Waals surface area contributed by atoms with Crippen LogP contribution in [0.3, 0.4) is 0 Å². The Labute approximate surface area is 199 Å². The summed E-state index contributed by atoms with van der Waals surface area (Å²) >= 11 is 0. The van der Waals surface area contributed by atoms with Crippen molar-refractivity contribution in [2.24, 2.45) is 0 Å². The van der Waals surface area contributed by atoms with Crippen LogP contribution < -0.4 is 9.64 Å². The molecule has 1 aliphatic carbocycles. The van der Waals surface area contributed by atoms with E-state index in [9.17, 15) is 13.2 Å². The minimum atomic E-state index is -4.42. The third-order valence-corrected chi connectivity index (χ3v) is 5.66. The summed E-state index contributed by atoms with van der Waals surface area (Å²) in [6.45, 7) is 1.51. The van der Waals surface area contributed by atoms with Crippen molar-refractivity contribution >= 4 is 5.95 Å². The van der Waals surface area contributed by atoms with Gasteiger partial charge in [0.25, 0.3) is 0 Å². The highest BCUT2D eigenvalue weighted by Crippen LogP contribution is 2.33. The second kappa shape index (κ2) is 9.35. The fourth-order valence-corrected chi connectivity index (χ4v) is 3.78. The van der Waals surface area contributed by atoms with E-state index in [2.05, 4.69) is 30.2 Å². The number of alkyl halides is 3. The molecule has 12 heteroatoms. The van der Waals surface area contributed by atoms with Crippen molar-refractivity contribution in [1.82, 2.24) is 34.5 Å². The highest BCUT2D eigenvalue weighted by molar-refractivity contribution is 5.40. The second-order valence-corrected chi connectivity index (χ2v) is 8.41. The molecule has 4 aromatic rings. The van der Waals surface area contributed by atoms with Crippen LogP contribution in [0.4, 0.5) is 19.1 Å². The van der Waals surface area contributed by atoms with E-state index in [-0.39, 0.29) is 5.88 Å². The zero-order chi connectivity index (χ0) is 24.4. The Hall–Kier alpha value is -3.96. The first kappa shape index (κ1) is 22.8. The molecule has 0 atom stereocenters. The summed E-state index contributed by atoms with van der Waals surface area (Å²) in [6.07, 6.45) is 2.28. The number of hydrogen-bond acceptors (Lipinski definition) is 7. The van der Waals surface area contributed by atoms with E-state index in [0.29, 0.717) is 25.0 Å². The van der Waals surface area contributed by atoms with E-state index in [4.69, 9.17) is 4.74 Å². The van der Waals surface area contributed by atoms with Crippen LogP contribution in [0.1, 0.15) is 29.8 Å². The number of pyridine rings is 1. The average Bonchev–Trinajstić information content (AvgIpc) is 3.41. The van der Waals surface area contributed by atoms with Crippen molar-refractivity contribution in [2.45, 2.75) is 45.1 Å². The molecule has 0 radical (unpaired) electrons. The van der Waals surface area contributed by atoms with Gasteiger partial charge in [0.05, 0.1) is 12.2 Å². The van der Waals surface area contributed by atoms with Crippen LogP contribution in [-0.4, -0.2) is 53.3 Å². The van der Waals surface area contributed by atoms with Crippen LogP contribution in [-0.2, 0) is 13.1 Å². The molecule has 0 spiro atoms. The Morgan fingerprint density at radius 3 is 2.57 bits per heavy atom. The second-order valence-electron chi connectivity index (χ2n) is 8.41. The van der Waals surface area contributed by atoms with E-state index in [1.54, 1.807) is 17.1 Å². The average molecular weight is 484 g/mol. The maximum Gasteiger partial charge on any atom is 0.422 e. The number of benzene rings is 1. The molecule has 0 bridgehead atoms. The van der Waals surface area contributed by atoms with Crippen molar-refractivity contribution in [2.75, 3.05) is 11.5 Å². The van der Waals surface area contributed by atoms with Crippen LogP contribution in [0.2, 0.25) is 0 Å². The number of aryl methyl sites for hydroxylation is 1. The van der Waals surface area contributed by atoms with Crippen LogP contribution in [0, 0.1) is 6.92 Å². The van der Waals surface area contributed by atoms with Gasteiger partial charge in [-0.25, -0.2) is 14.6 Å². The Morgan fingerprint density at radius 2 is 1.89 bits per heavy atom. The van der Waals surface area contributed by atoms with E-state index in [1.165, 1.54) is 18.6 Å². The van der Waals surface area contributed by atoms with Gasteiger partial charge in [0.15, 0.2) is 6.61 Å². The fourth-order valence-electron chi connectivity index (χ4n) is 3.78. The van der Waals surface area contributed by atoms with E-state index in [1.807, 2.05) is 35.8 Å². The summed E-state index contributed by atoms with van der Waals surface area (Å²) in [5.74, 6) is 1.36. The molecular weight excluding hydrogens is 461 g/mol. The fraction of sp³-hybridized carbons (Fsp3) is 0.348. The van der Waals surface area contributed by atoms with Gasteiger partial charge in [-0.05, 0) is 49.1 Å². The van der Waals surface area contributed by atoms with E-state index >= 15 is 0 Å². The molecule has 1 saturated carbocycles. The third kappa shape index (κ3) is 5.58. The van der Waals surface area contributed by atoms with E-state index < -0.39 is 12.8 Å². The molecule has 5 rings (SSSR count). The van der Waals surface area contributed by atoms with Crippen molar-refractivity contribution in [3.05, 3.63) is 72.2 Å². The molecule has 1 aromatic carbocycles. The maximum absolute atomic E-state index is 12.5. The summed E-state index contributed by atoms with van der Waals surface area (Å²) in [5, 5.41) is 12.9. The number of rotatable bonds is 9. The van der Waals surface area contributed by atoms with Gasteiger partial charge in [0.1, 0.15) is 18.5 Å². The highest BCUT2D eigenvalue weighted by atomic mass is 19.4. The molecule has 0 aliphatic heterocycles. The molecule has 1 fully saturated rings. The van der Waals surface area contributed by atoms with Crippen molar-refractivity contribution < 1.29 is 17.9 Å². The van der Waals surface area contributed by atoms with Gasteiger partial charge in [-0.3, -0.25) is 4.57 Å². The minimum Gasteiger partial charge on any atom is -0.468 e. The largest absolute Gasteiger partial charge is 0.468 e. The monoisotopic (exact) mass is 484 g/mol. The number of nitrogens with zero attached hydrogens (tertiary/aromatic N) is 8. The smallest absolute Gasteiger partial charge is 0.422 e. The first-order chi connectivity index (χ1) is 16.9. The standard InChI is InChI=1S/C23H23F3N8O/c1-16-30-31-22(32(16)12-18-8-9-28-21(10-18)35-13-23(24,25)26)33(19-6-7-19)11-17-2-4-20(5-3-17)34-15-27-14-29-34/h2-5,8-10,14-15,19H,6-7,11-13H2,1H3. The van der Waals surface area contributed by atoms with Crippen LogP contribution in [0.15, 0.2) is 55.2 Å². The molecule has 3 heterocycles. The molecule has 1 aliphatic rings. The first-order valence-corrected chi connectivity index (χ1v) is 11.1.